The van der Waals surface area contributed by atoms with Crippen molar-refractivity contribution in [2.45, 2.75) is 13.5 Å². The van der Waals surface area contributed by atoms with E-state index >= 15 is 0 Å². The first-order valence-corrected chi connectivity index (χ1v) is 5.39. The second-order valence-corrected chi connectivity index (χ2v) is 4.25. The molecule has 0 radical (unpaired) electrons. The summed E-state index contributed by atoms with van der Waals surface area (Å²) in [6.45, 7) is 3.60. The van der Waals surface area contributed by atoms with Crippen LogP contribution in [-0.4, -0.2) is 60.3 Å². The van der Waals surface area contributed by atoms with Gasteiger partial charge in [0, 0.05) is 34.4 Å². The predicted molar refractivity (Wildman–Crippen MR) is 82.1 cm³/mol. The molecular weight excluding hydrogens is 329 g/mol. The number of aliphatic imine (C=N–C) groups is 1. The lowest BCUT2D eigenvalue weighted by Crippen LogP contribution is -2.35. The van der Waals surface area contributed by atoms with Crippen LogP contribution in [0.15, 0.2) is 17.4 Å². The van der Waals surface area contributed by atoms with E-state index in [0.717, 1.165) is 19.0 Å². The number of hydrogen-bond acceptors (Lipinski definition) is 2. The first-order valence-electron chi connectivity index (χ1n) is 5.39. The molecule has 98 valence electrons. The van der Waals surface area contributed by atoms with Crippen LogP contribution in [0.4, 0.5) is 0 Å². The molecule has 0 aromatic carbocycles. The van der Waals surface area contributed by atoms with Crippen molar-refractivity contribution < 1.29 is 0 Å². The van der Waals surface area contributed by atoms with Gasteiger partial charge in [-0.15, -0.1) is 24.0 Å². The van der Waals surface area contributed by atoms with Crippen molar-refractivity contribution in [3.8, 4) is 0 Å². The summed E-state index contributed by atoms with van der Waals surface area (Å²) in [6, 6.07) is 0. The molecule has 5 nitrogen and oxygen atoms in total. The summed E-state index contributed by atoms with van der Waals surface area (Å²) in [4.78, 5) is 8.55. The van der Waals surface area contributed by atoms with Crippen LogP contribution in [0.5, 0.6) is 0 Å². The van der Waals surface area contributed by atoms with E-state index in [-0.39, 0.29) is 24.0 Å². The minimum absolute atomic E-state index is 0. The zero-order valence-corrected chi connectivity index (χ0v) is 13.5. The Hall–Kier alpha value is -0.790. The van der Waals surface area contributed by atoms with E-state index in [1.807, 2.05) is 62.0 Å². The van der Waals surface area contributed by atoms with Crippen molar-refractivity contribution in [3.63, 3.8) is 0 Å². The molecular formula is C11H22IN5. The largest absolute Gasteiger partial charge is 0.349 e. The van der Waals surface area contributed by atoms with E-state index in [0.29, 0.717) is 0 Å². The Morgan fingerprint density at radius 1 is 1.29 bits per heavy atom. The molecule has 0 aliphatic carbocycles. The highest BCUT2D eigenvalue weighted by atomic mass is 127. The van der Waals surface area contributed by atoms with E-state index in [4.69, 9.17) is 0 Å². The van der Waals surface area contributed by atoms with Gasteiger partial charge in [0.25, 0.3) is 0 Å². The smallest absolute Gasteiger partial charge is 0.195 e. The van der Waals surface area contributed by atoms with Gasteiger partial charge >= 0.3 is 0 Å². The number of guanidine groups is 1. The molecule has 1 aromatic rings. The van der Waals surface area contributed by atoms with Crippen molar-refractivity contribution in [3.05, 3.63) is 18.0 Å². The van der Waals surface area contributed by atoms with Crippen LogP contribution < -0.4 is 0 Å². The standard InChI is InChI=1S/C11H21N5.HI/c1-10-8-13-16(9-10)7-6-12-11(14(2)3)15(4)5;/h8-9H,6-7H2,1-5H3;1H. The number of rotatable bonds is 3. The molecule has 0 unspecified atom stereocenters. The fourth-order valence-electron chi connectivity index (χ4n) is 1.52. The van der Waals surface area contributed by atoms with Gasteiger partial charge in [0.2, 0.25) is 0 Å². The first kappa shape index (κ1) is 16.2. The quantitative estimate of drug-likeness (QED) is 0.468. The monoisotopic (exact) mass is 351 g/mol. The van der Waals surface area contributed by atoms with Crippen LogP contribution in [0.2, 0.25) is 0 Å². The van der Waals surface area contributed by atoms with Gasteiger partial charge in [-0.3, -0.25) is 9.67 Å². The van der Waals surface area contributed by atoms with E-state index in [1.54, 1.807) is 0 Å². The fourth-order valence-corrected chi connectivity index (χ4v) is 1.52. The maximum atomic E-state index is 4.53. The minimum Gasteiger partial charge on any atom is -0.349 e. The van der Waals surface area contributed by atoms with E-state index in [9.17, 15) is 0 Å². The molecule has 0 spiro atoms. The molecule has 6 heteroatoms. The third-order valence-electron chi connectivity index (χ3n) is 2.14. The zero-order chi connectivity index (χ0) is 12.1. The van der Waals surface area contributed by atoms with E-state index in [2.05, 4.69) is 10.1 Å². The van der Waals surface area contributed by atoms with Crippen molar-refractivity contribution >= 4 is 29.9 Å². The van der Waals surface area contributed by atoms with Crippen molar-refractivity contribution in [1.82, 2.24) is 19.6 Å². The lowest BCUT2D eigenvalue weighted by Gasteiger charge is -2.22. The molecule has 0 saturated heterocycles. The molecule has 1 rings (SSSR count). The molecule has 0 fully saturated rings. The first-order chi connectivity index (χ1) is 7.50. The fraction of sp³-hybridized carbons (Fsp3) is 0.636. The predicted octanol–water partition coefficient (Wildman–Crippen LogP) is 1.29. The number of nitrogens with zero attached hydrogens (tertiary/aromatic N) is 5. The van der Waals surface area contributed by atoms with Crippen LogP contribution in [0.1, 0.15) is 5.56 Å². The third-order valence-corrected chi connectivity index (χ3v) is 2.14. The SMILES string of the molecule is Cc1cnn(CCN=C(N(C)C)N(C)C)c1.I. The number of hydrogen-bond donors (Lipinski definition) is 0. The summed E-state index contributed by atoms with van der Waals surface area (Å²) >= 11 is 0. The second kappa shape index (κ2) is 7.52. The van der Waals surface area contributed by atoms with Crippen molar-refractivity contribution in [1.29, 1.82) is 0 Å². The van der Waals surface area contributed by atoms with Gasteiger partial charge in [-0.1, -0.05) is 0 Å². The summed E-state index contributed by atoms with van der Waals surface area (Å²) in [7, 11) is 7.99. The Morgan fingerprint density at radius 3 is 2.29 bits per heavy atom. The molecule has 0 bridgehead atoms. The molecule has 0 amide bonds. The van der Waals surface area contributed by atoms with Gasteiger partial charge in [0.05, 0.1) is 19.3 Å². The highest BCUT2D eigenvalue weighted by Crippen LogP contribution is 1.95. The van der Waals surface area contributed by atoms with Gasteiger partial charge in [0.15, 0.2) is 5.96 Å². The topological polar surface area (TPSA) is 36.7 Å². The number of aromatic nitrogens is 2. The second-order valence-electron chi connectivity index (χ2n) is 4.25. The summed E-state index contributed by atoms with van der Waals surface area (Å²) < 4.78 is 1.92. The Bertz CT molecular complexity index is 346. The van der Waals surface area contributed by atoms with Gasteiger partial charge in [-0.25, -0.2) is 0 Å². The lowest BCUT2D eigenvalue weighted by atomic mass is 10.4. The summed E-state index contributed by atoms with van der Waals surface area (Å²) in [6.07, 6.45) is 3.89. The summed E-state index contributed by atoms with van der Waals surface area (Å²) in [5.41, 5.74) is 1.18. The molecule has 0 aliphatic heterocycles. The Labute approximate surface area is 121 Å². The van der Waals surface area contributed by atoms with Gasteiger partial charge in [-0.2, -0.15) is 5.10 Å². The molecule has 0 N–H and O–H groups in total. The molecule has 0 atom stereocenters. The average molecular weight is 351 g/mol. The highest BCUT2D eigenvalue weighted by molar-refractivity contribution is 14.0. The zero-order valence-electron chi connectivity index (χ0n) is 11.2. The molecule has 1 heterocycles. The van der Waals surface area contributed by atoms with Crippen LogP contribution in [-0.2, 0) is 6.54 Å². The normalized spacial score (nSPS) is 9.47. The number of halogens is 1. The maximum Gasteiger partial charge on any atom is 0.195 e. The molecule has 0 aliphatic rings. The van der Waals surface area contributed by atoms with Crippen LogP contribution >= 0.6 is 24.0 Å². The van der Waals surface area contributed by atoms with Crippen molar-refractivity contribution in [2.75, 3.05) is 34.7 Å². The van der Waals surface area contributed by atoms with Crippen LogP contribution in [0.25, 0.3) is 0 Å². The van der Waals surface area contributed by atoms with Gasteiger partial charge < -0.3 is 9.80 Å². The Balaban J connectivity index is 0.00000256. The van der Waals surface area contributed by atoms with E-state index in [1.165, 1.54) is 5.56 Å². The Kier molecular flexibility index (Phi) is 7.17. The minimum atomic E-state index is 0. The van der Waals surface area contributed by atoms with Crippen molar-refractivity contribution in [2.24, 2.45) is 4.99 Å². The maximum absolute atomic E-state index is 4.53. The van der Waals surface area contributed by atoms with Gasteiger partial charge in [-0.05, 0) is 12.5 Å². The highest BCUT2D eigenvalue weighted by Gasteiger charge is 2.03. The number of aryl methyl sites for hydroxylation is 1. The molecule has 17 heavy (non-hydrogen) atoms. The van der Waals surface area contributed by atoms with Crippen LogP contribution in [0.3, 0.4) is 0 Å². The third kappa shape index (κ3) is 5.38. The summed E-state index contributed by atoms with van der Waals surface area (Å²) in [5.74, 6) is 0.976. The van der Waals surface area contributed by atoms with E-state index < -0.39 is 0 Å². The molecule has 0 saturated carbocycles. The average Bonchev–Trinajstić information content (AvgIpc) is 2.57. The lowest BCUT2D eigenvalue weighted by molar-refractivity contribution is 0.476. The molecule has 1 aromatic heterocycles. The Morgan fingerprint density at radius 2 is 1.88 bits per heavy atom. The summed E-state index contributed by atoms with van der Waals surface area (Å²) in [5, 5.41) is 4.22. The van der Waals surface area contributed by atoms with Crippen LogP contribution in [0, 0.1) is 6.92 Å². The van der Waals surface area contributed by atoms with Gasteiger partial charge in [0.1, 0.15) is 0 Å².